The smallest absolute Gasteiger partial charge is 0.269 e. The summed E-state index contributed by atoms with van der Waals surface area (Å²) >= 11 is 0. The van der Waals surface area contributed by atoms with Gasteiger partial charge in [-0.1, -0.05) is 43.3 Å². The first-order chi connectivity index (χ1) is 15.5. The van der Waals surface area contributed by atoms with Crippen molar-refractivity contribution in [3.8, 4) is 5.75 Å². The molecule has 1 N–H and O–H groups in total. The highest BCUT2D eigenvalue weighted by Crippen LogP contribution is 2.32. The Morgan fingerprint density at radius 2 is 1.56 bits per heavy atom. The number of carbonyl (C=O) groups is 3. The van der Waals surface area contributed by atoms with Crippen LogP contribution in [0.1, 0.15) is 18.4 Å². The van der Waals surface area contributed by atoms with Gasteiger partial charge in [0, 0.05) is 23.6 Å². The Labute approximate surface area is 186 Å². The molecule has 1 fully saturated rings. The Hall–Kier alpha value is -3.93. The van der Waals surface area contributed by atoms with Gasteiger partial charge in [-0.2, -0.15) is 0 Å². The zero-order chi connectivity index (χ0) is 22.7. The lowest BCUT2D eigenvalue weighted by atomic mass is 9.87. The number of rotatable bonds is 8. The third kappa shape index (κ3) is 4.25. The number of hydrogen-bond acceptors (Lipinski definition) is 6. The van der Waals surface area contributed by atoms with Gasteiger partial charge < -0.3 is 15.0 Å². The third-order valence-corrected chi connectivity index (χ3v) is 5.65. The highest BCUT2D eigenvalue weighted by molar-refractivity contribution is 6.79. The van der Waals surface area contributed by atoms with Gasteiger partial charge in [0.1, 0.15) is 5.75 Å². The number of anilines is 3. The summed E-state index contributed by atoms with van der Waals surface area (Å²) in [5, 5.41) is 2.89. The van der Waals surface area contributed by atoms with Gasteiger partial charge >= 0.3 is 0 Å². The Morgan fingerprint density at radius 3 is 2.22 bits per heavy atom. The maximum Gasteiger partial charge on any atom is 0.269 e. The Bertz CT molecular complexity index is 1120. The molecule has 6 heteroatoms. The average molecular weight is 428 g/mol. The molecular formula is C26H24N2O4. The first-order valence-corrected chi connectivity index (χ1v) is 10.4. The molecule has 0 radical (unpaired) electrons. The van der Waals surface area contributed by atoms with Gasteiger partial charge in [0.2, 0.25) is 11.6 Å². The molecule has 0 aromatic heterocycles. The van der Waals surface area contributed by atoms with E-state index in [9.17, 15) is 14.4 Å². The largest absolute Gasteiger partial charge is 0.497 e. The molecule has 3 aromatic carbocycles. The van der Waals surface area contributed by atoms with E-state index < -0.39 is 23.4 Å². The molecule has 162 valence electrons. The summed E-state index contributed by atoms with van der Waals surface area (Å²) in [5.74, 6) is -1.31. The number of methoxy groups -OCH3 is 1. The lowest BCUT2D eigenvalue weighted by Crippen LogP contribution is -2.57. The van der Waals surface area contributed by atoms with Crippen LogP contribution in [0, 0.1) is 0 Å². The SMILES string of the molecule is COc1ccc(N(CC(C)c2ccccc2)c2cccc(NC3C(=O)C(=O)C3=O)c2)cc1. The molecule has 4 rings (SSSR count). The average Bonchev–Trinajstić information content (AvgIpc) is 2.85. The number of benzene rings is 3. The van der Waals surface area contributed by atoms with E-state index in [2.05, 4.69) is 29.3 Å². The monoisotopic (exact) mass is 428 g/mol. The molecule has 1 saturated carbocycles. The first kappa shape index (κ1) is 21.3. The predicted octanol–water partition coefficient (Wildman–Crippen LogP) is 4.14. The molecule has 1 aliphatic carbocycles. The van der Waals surface area contributed by atoms with Gasteiger partial charge in [-0.15, -0.1) is 0 Å². The summed E-state index contributed by atoms with van der Waals surface area (Å²) in [6, 6.07) is 24.5. The van der Waals surface area contributed by atoms with E-state index in [1.807, 2.05) is 60.7 Å². The standard InChI is InChI=1S/C26H24N2O4/c1-17(18-7-4-3-5-8-18)16-28(20-11-13-22(32-2)14-12-20)21-10-6-9-19(15-21)27-23-24(29)26(31)25(23)30/h3-15,17,23,27H,16H2,1-2H3. The second kappa shape index (κ2) is 9.06. The topological polar surface area (TPSA) is 75.7 Å². The molecule has 1 unspecified atom stereocenters. The van der Waals surface area contributed by atoms with Gasteiger partial charge in [-0.3, -0.25) is 14.4 Å². The van der Waals surface area contributed by atoms with E-state index in [0.29, 0.717) is 12.2 Å². The minimum Gasteiger partial charge on any atom is -0.497 e. The van der Waals surface area contributed by atoms with Crippen molar-refractivity contribution in [1.82, 2.24) is 0 Å². The normalized spacial score (nSPS) is 14.6. The van der Waals surface area contributed by atoms with Crippen molar-refractivity contribution in [1.29, 1.82) is 0 Å². The van der Waals surface area contributed by atoms with E-state index >= 15 is 0 Å². The number of ether oxygens (including phenoxy) is 1. The Balaban J connectivity index is 1.64. The van der Waals surface area contributed by atoms with Crippen LogP contribution in [-0.2, 0) is 14.4 Å². The maximum atomic E-state index is 11.7. The van der Waals surface area contributed by atoms with Crippen LogP contribution in [0.4, 0.5) is 17.1 Å². The molecule has 1 aliphatic rings. The Kier molecular flexibility index (Phi) is 6.03. The van der Waals surface area contributed by atoms with Crippen molar-refractivity contribution < 1.29 is 19.1 Å². The molecule has 3 aromatic rings. The molecule has 32 heavy (non-hydrogen) atoms. The molecule has 1 atom stereocenters. The number of hydrogen-bond donors (Lipinski definition) is 1. The quantitative estimate of drug-likeness (QED) is 0.429. The zero-order valence-electron chi connectivity index (χ0n) is 17.9. The Morgan fingerprint density at radius 1 is 0.875 bits per heavy atom. The summed E-state index contributed by atoms with van der Waals surface area (Å²) in [5.41, 5.74) is 3.71. The summed E-state index contributed by atoms with van der Waals surface area (Å²) in [4.78, 5) is 36.9. The fourth-order valence-electron chi connectivity index (χ4n) is 3.77. The van der Waals surface area contributed by atoms with Gasteiger partial charge in [0.25, 0.3) is 5.78 Å². The molecule has 0 spiro atoms. The molecule has 0 amide bonds. The number of Topliss-reactive ketones (excluding diaryl/α,β-unsaturated/α-hetero) is 3. The zero-order valence-corrected chi connectivity index (χ0v) is 17.9. The van der Waals surface area contributed by atoms with Gasteiger partial charge in [0.15, 0.2) is 6.04 Å². The number of nitrogens with zero attached hydrogens (tertiary/aromatic N) is 1. The van der Waals surface area contributed by atoms with Crippen LogP contribution < -0.4 is 15.0 Å². The molecule has 0 aliphatic heterocycles. The minimum absolute atomic E-state index is 0.238. The van der Waals surface area contributed by atoms with Crippen molar-refractivity contribution in [2.75, 3.05) is 23.9 Å². The van der Waals surface area contributed by atoms with Gasteiger partial charge in [0.05, 0.1) is 7.11 Å². The van der Waals surface area contributed by atoms with Crippen LogP contribution in [0.15, 0.2) is 78.9 Å². The van der Waals surface area contributed by atoms with Gasteiger partial charge in [-0.25, -0.2) is 0 Å². The van der Waals surface area contributed by atoms with E-state index in [1.54, 1.807) is 13.2 Å². The van der Waals surface area contributed by atoms with Crippen LogP contribution in [0.5, 0.6) is 5.75 Å². The highest BCUT2D eigenvalue weighted by Gasteiger charge is 2.48. The van der Waals surface area contributed by atoms with Crippen molar-refractivity contribution in [2.24, 2.45) is 0 Å². The van der Waals surface area contributed by atoms with Crippen LogP contribution in [0.3, 0.4) is 0 Å². The molecule has 0 heterocycles. The summed E-state index contributed by atoms with van der Waals surface area (Å²) in [6.07, 6.45) is 0. The lowest BCUT2D eigenvalue weighted by molar-refractivity contribution is -0.152. The first-order valence-electron chi connectivity index (χ1n) is 10.4. The fourth-order valence-corrected chi connectivity index (χ4v) is 3.77. The van der Waals surface area contributed by atoms with Crippen LogP contribution >= 0.6 is 0 Å². The number of carbonyl (C=O) groups excluding carboxylic acids is 3. The van der Waals surface area contributed by atoms with Gasteiger partial charge in [-0.05, 0) is 53.9 Å². The summed E-state index contributed by atoms with van der Waals surface area (Å²) < 4.78 is 5.30. The number of ketones is 3. The van der Waals surface area contributed by atoms with Crippen LogP contribution in [0.25, 0.3) is 0 Å². The summed E-state index contributed by atoms with van der Waals surface area (Å²) in [6.45, 7) is 2.88. The van der Waals surface area contributed by atoms with E-state index in [-0.39, 0.29) is 5.92 Å². The third-order valence-electron chi connectivity index (χ3n) is 5.65. The number of nitrogens with one attached hydrogen (secondary N) is 1. The van der Waals surface area contributed by atoms with Crippen molar-refractivity contribution in [3.05, 3.63) is 84.4 Å². The predicted molar refractivity (Wildman–Crippen MR) is 124 cm³/mol. The van der Waals surface area contributed by atoms with Crippen molar-refractivity contribution in [3.63, 3.8) is 0 Å². The van der Waals surface area contributed by atoms with E-state index in [4.69, 9.17) is 4.74 Å². The maximum absolute atomic E-state index is 11.7. The molecular weight excluding hydrogens is 404 g/mol. The van der Waals surface area contributed by atoms with Crippen molar-refractivity contribution in [2.45, 2.75) is 18.9 Å². The summed E-state index contributed by atoms with van der Waals surface area (Å²) in [7, 11) is 1.63. The lowest BCUT2D eigenvalue weighted by Gasteiger charge is -2.29. The molecule has 0 bridgehead atoms. The van der Waals surface area contributed by atoms with E-state index in [0.717, 1.165) is 17.1 Å². The fraction of sp³-hybridized carbons (Fsp3) is 0.192. The molecule has 0 saturated heterocycles. The van der Waals surface area contributed by atoms with Crippen LogP contribution in [-0.4, -0.2) is 37.0 Å². The molecule has 6 nitrogen and oxygen atoms in total. The minimum atomic E-state index is -1.09. The van der Waals surface area contributed by atoms with Crippen LogP contribution in [0.2, 0.25) is 0 Å². The second-order valence-corrected chi connectivity index (χ2v) is 7.81. The van der Waals surface area contributed by atoms with E-state index in [1.165, 1.54) is 5.56 Å². The highest BCUT2D eigenvalue weighted by atomic mass is 16.5. The van der Waals surface area contributed by atoms with Crippen molar-refractivity contribution >= 4 is 34.4 Å². The second-order valence-electron chi connectivity index (χ2n) is 7.81.